The molecule has 25 heavy (non-hydrogen) atoms. The Morgan fingerprint density at radius 2 is 1.88 bits per heavy atom. The SMILES string of the molecule is CN(C(=O)CN1C(=O)NC2(CCCCCC2)C1=O)C1CCS(=O)(=O)C1. The van der Waals surface area contributed by atoms with Crippen molar-refractivity contribution in [1.82, 2.24) is 15.1 Å². The third-order valence-electron chi connectivity index (χ3n) is 5.65. The highest BCUT2D eigenvalue weighted by Gasteiger charge is 2.51. The quantitative estimate of drug-likeness (QED) is 0.718. The van der Waals surface area contributed by atoms with Crippen molar-refractivity contribution in [1.29, 1.82) is 0 Å². The molecule has 2 saturated heterocycles. The van der Waals surface area contributed by atoms with E-state index in [4.69, 9.17) is 0 Å². The molecule has 4 amide bonds. The molecular weight excluding hydrogens is 346 g/mol. The van der Waals surface area contributed by atoms with E-state index in [-0.39, 0.29) is 30.0 Å². The molecule has 1 spiro atoms. The molecule has 2 aliphatic heterocycles. The van der Waals surface area contributed by atoms with Gasteiger partial charge in [0.2, 0.25) is 5.91 Å². The second-order valence-electron chi connectivity index (χ2n) is 7.38. The van der Waals surface area contributed by atoms with E-state index in [0.717, 1.165) is 30.6 Å². The van der Waals surface area contributed by atoms with Crippen molar-refractivity contribution in [3.8, 4) is 0 Å². The lowest BCUT2D eigenvalue weighted by molar-refractivity contribution is -0.139. The third kappa shape index (κ3) is 3.51. The monoisotopic (exact) mass is 371 g/mol. The number of nitrogens with one attached hydrogen (secondary N) is 1. The van der Waals surface area contributed by atoms with Gasteiger partial charge in [-0.1, -0.05) is 25.7 Å². The second kappa shape index (κ2) is 6.59. The summed E-state index contributed by atoms with van der Waals surface area (Å²) in [6, 6.07) is -0.905. The molecule has 0 bridgehead atoms. The van der Waals surface area contributed by atoms with Crippen molar-refractivity contribution in [3.05, 3.63) is 0 Å². The Hall–Kier alpha value is -1.64. The predicted molar refractivity (Wildman–Crippen MR) is 90.5 cm³/mol. The predicted octanol–water partition coefficient (Wildman–Crippen LogP) is 0.277. The van der Waals surface area contributed by atoms with Crippen molar-refractivity contribution in [2.24, 2.45) is 0 Å². The van der Waals surface area contributed by atoms with Crippen LogP contribution in [0.1, 0.15) is 44.9 Å². The van der Waals surface area contributed by atoms with E-state index in [1.807, 2.05) is 0 Å². The van der Waals surface area contributed by atoms with Crippen LogP contribution in [0.15, 0.2) is 0 Å². The lowest BCUT2D eigenvalue weighted by atomic mass is 9.90. The number of carbonyl (C=O) groups excluding carboxylic acids is 3. The van der Waals surface area contributed by atoms with Crippen molar-refractivity contribution in [3.63, 3.8) is 0 Å². The minimum Gasteiger partial charge on any atom is -0.340 e. The summed E-state index contributed by atoms with van der Waals surface area (Å²) in [7, 11) is -1.57. The van der Waals surface area contributed by atoms with Gasteiger partial charge >= 0.3 is 6.03 Å². The van der Waals surface area contributed by atoms with E-state index >= 15 is 0 Å². The van der Waals surface area contributed by atoms with Crippen LogP contribution in [0.3, 0.4) is 0 Å². The molecule has 140 valence electrons. The molecule has 1 atom stereocenters. The molecule has 3 rings (SSSR count). The van der Waals surface area contributed by atoms with Gasteiger partial charge in [-0.3, -0.25) is 14.5 Å². The van der Waals surface area contributed by atoms with Crippen LogP contribution < -0.4 is 5.32 Å². The zero-order valence-corrected chi connectivity index (χ0v) is 15.3. The molecule has 1 saturated carbocycles. The Kier molecular flexibility index (Phi) is 4.78. The van der Waals surface area contributed by atoms with Gasteiger partial charge in [-0.25, -0.2) is 13.2 Å². The fraction of sp³-hybridized carbons (Fsp3) is 0.812. The van der Waals surface area contributed by atoms with Crippen molar-refractivity contribution in [2.75, 3.05) is 25.1 Å². The third-order valence-corrected chi connectivity index (χ3v) is 7.40. The minimum absolute atomic E-state index is 0.0562. The maximum Gasteiger partial charge on any atom is 0.325 e. The van der Waals surface area contributed by atoms with Crippen LogP contribution in [0.2, 0.25) is 0 Å². The number of imide groups is 1. The Bertz CT molecular complexity index is 682. The van der Waals surface area contributed by atoms with E-state index in [1.165, 1.54) is 11.9 Å². The molecule has 8 nitrogen and oxygen atoms in total. The summed E-state index contributed by atoms with van der Waals surface area (Å²) in [5, 5.41) is 2.81. The molecule has 0 aromatic heterocycles. The molecule has 1 unspecified atom stereocenters. The van der Waals surface area contributed by atoms with E-state index in [1.54, 1.807) is 0 Å². The van der Waals surface area contributed by atoms with Gasteiger partial charge in [0, 0.05) is 13.1 Å². The van der Waals surface area contributed by atoms with Gasteiger partial charge in [-0.05, 0) is 19.3 Å². The van der Waals surface area contributed by atoms with E-state index in [0.29, 0.717) is 19.3 Å². The van der Waals surface area contributed by atoms with E-state index in [2.05, 4.69) is 5.32 Å². The summed E-state index contributed by atoms with van der Waals surface area (Å²) in [5.41, 5.74) is -0.858. The molecule has 2 heterocycles. The van der Waals surface area contributed by atoms with Crippen LogP contribution in [0.5, 0.6) is 0 Å². The number of urea groups is 1. The van der Waals surface area contributed by atoms with Gasteiger partial charge in [-0.2, -0.15) is 0 Å². The lowest BCUT2D eigenvalue weighted by Crippen LogP contribution is -2.48. The molecule has 0 aromatic rings. The maximum absolute atomic E-state index is 12.8. The second-order valence-corrected chi connectivity index (χ2v) is 9.61. The van der Waals surface area contributed by atoms with Gasteiger partial charge in [0.25, 0.3) is 5.91 Å². The molecule has 9 heteroatoms. The summed E-state index contributed by atoms with van der Waals surface area (Å²) < 4.78 is 23.2. The number of sulfone groups is 1. The van der Waals surface area contributed by atoms with Crippen molar-refractivity contribution < 1.29 is 22.8 Å². The van der Waals surface area contributed by atoms with Crippen LogP contribution in [0.25, 0.3) is 0 Å². The first-order chi connectivity index (χ1) is 11.7. The zero-order valence-electron chi connectivity index (χ0n) is 14.5. The number of rotatable bonds is 3. The summed E-state index contributed by atoms with van der Waals surface area (Å²) in [5.74, 6) is -0.711. The van der Waals surface area contributed by atoms with Gasteiger partial charge in [0.05, 0.1) is 11.5 Å². The molecule has 3 aliphatic rings. The average molecular weight is 371 g/mol. The first-order valence-corrected chi connectivity index (χ1v) is 10.7. The zero-order chi connectivity index (χ0) is 18.2. The van der Waals surface area contributed by atoms with Gasteiger partial charge in [-0.15, -0.1) is 0 Å². The number of carbonyl (C=O) groups is 3. The summed E-state index contributed by atoms with van der Waals surface area (Å²) in [4.78, 5) is 39.9. The Morgan fingerprint density at radius 1 is 1.24 bits per heavy atom. The first kappa shape index (κ1) is 18.2. The minimum atomic E-state index is -3.10. The Morgan fingerprint density at radius 3 is 2.44 bits per heavy atom. The highest BCUT2D eigenvalue weighted by atomic mass is 32.2. The summed E-state index contributed by atoms with van der Waals surface area (Å²) in [6.45, 7) is -0.334. The maximum atomic E-state index is 12.8. The van der Waals surface area contributed by atoms with Crippen LogP contribution >= 0.6 is 0 Å². The molecule has 0 radical (unpaired) electrons. The molecule has 3 fully saturated rings. The van der Waals surface area contributed by atoms with Gasteiger partial charge in [0.15, 0.2) is 9.84 Å². The number of nitrogens with zero attached hydrogens (tertiary/aromatic N) is 2. The first-order valence-electron chi connectivity index (χ1n) is 8.84. The number of hydrogen-bond donors (Lipinski definition) is 1. The van der Waals surface area contributed by atoms with Crippen LogP contribution in [0.4, 0.5) is 4.79 Å². The lowest BCUT2D eigenvalue weighted by Gasteiger charge is -2.26. The highest BCUT2D eigenvalue weighted by molar-refractivity contribution is 7.91. The van der Waals surface area contributed by atoms with Crippen molar-refractivity contribution in [2.45, 2.75) is 56.5 Å². The molecule has 1 aliphatic carbocycles. The van der Waals surface area contributed by atoms with Crippen molar-refractivity contribution >= 4 is 27.7 Å². The van der Waals surface area contributed by atoms with Gasteiger partial charge < -0.3 is 10.2 Å². The smallest absolute Gasteiger partial charge is 0.325 e. The van der Waals surface area contributed by atoms with E-state index in [9.17, 15) is 22.8 Å². The normalized spacial score (nSPS) is 28.0. The largest absolute Gasteiger partial charge is 0.340 e. The highest BCUT2D eigenvalue weighted by Crippen LogP contribution is 2.32. The standard InChI is InChI=1S/C16H25N3O5S/c1-18(12-6-9-25(23,24)11-12)13(20)10-19-14(21)16(17-15(19)22)7-4-2-3-5-8-16/h12H,2-11H2,1H3,(H,17,22). The Balaban J connectivity index is 1.67. The number of amides is 4. The van der Waals surface area contributed by atoms with Crippen LogP contribution in [-0.2, 0) is 19.4 Å². The van der Waals surface area contributed by atoms with Crippen LogP contribution in [0, 0.1) is 0 Å². The average Bonchev–Trinajstić information content (AvgIpc) is 2.89. The van der Waals surface area contributed by atoms with E-state index < -0.39 is 27.3 Å². The molecular formula is C16H25N3O5S. The summed E-state index contributed by atoms with van der Waals surface area (Å²) in [6.07, 6.45) is 5.47. The fourth-order valence-corrected chi connectivity index (χ4v) is 5.80. The van der Waals surface area contributed by atoms with Crippen LogP contribution in [-0.4, -0.2) is 72.7 Å². The molecule has 0 aromatic carbocycles. The number of hydrogen-bond acceptors (Lipinski definition) is 5. The Labute approximate surface area is 147 Å². The number of likely N-dealkylation sites (N-methyl/N-ethyl adjacent to an activating group) is 1. The topological polar surface area (TPSA) is 104 Å². The summed E-state index contributed by atoms with van der Waals surface area (Å²) >= 11 is 0. The van der Waals surface area contributed by atoms with Gasteiger partial charge in [0.1, 0.15) is 12.1 Å². The molecule has 1 N–H and O–H groups in total. The fourth-order valence-electron chi connectivity index (χ4n) is 4.02.